The van der Waals surface area contributed by atoms with Crippen LogP contribution in [0.5, 0.6) is 0 Å². The van der Waals surface area contributed by atoms with Gasteiger partial charge in [-0.15, -0.1) is 0 Å². The molecule has 2 heterocycles. The first-order valence-corrected chi connectivity index (χ1v) is 12.7. The SMILES string of the molecule is Cc1cc(C)n2nc(C[PH](c3ccccc3)(c3ccccc3)c3ccccc3)nc2n1. The molecule has 0 spiro atoms. The van der Waals surface area contributed by atoms with Crippen molar-refractivity contribution in [3.05, 3.63) is 114 Å². The summed E-state index contributed by atoms with van der Waals surface area (Å²) in [7, 11) is -2.42. The van der Waals surface area contributed by atoms with Gasteiger partial charge in [-0.25, -0.2) is 0 Å². The molecule has 0 bridgehead atoms. The molecule has 0 amide bonds. The van der Waals surface area contributed by atoms with Crippen LogP contribution < -0.4 is 15.9 Å². The average molecular weight is 424 g/mol. The number of hydrogen-bond donors (Lipinski definition) is 0. The fourth-order valence-corrected chi connectivity index (χ4v) is 9.01. The number of aryl methyl sites for hydroxylation is 2. The van der Waals surface area contributed by atoms with E-state index in [2.05, 4.69) is 103 Å². The Bertz CT molecular complexity index is 1220. The van der Waals surface area contributed by atoms with Gasteiger partial charge in [0.05, 0.1) is 0 Å². The van der Waals surface area contributed by atoms with Gasteiger partial charge in [-0.2, -0.15) is 0 Å². The molecule has 31 heavy (non-hydrogen) atoms. The normalized spacial score (nSPS) is 12.2. The summed E-state index contributed by atoms with van der Waals surface area (Å²) in [5, 5.41) is 8.95. The zero-order valence-electron chi connectivity index (χ0n) is 17.7. The topological polar surface area (TPSA) is 43.1 Å². The molecule has 0 aliphatic rings. The van der Waals surface area contributed by atoms with Gasteiger partial charge in [0.25, 0.3) is 0 Å². The fraction of sp³-hybridized carbons (Fsp3) is 0.115. The second-order valence-corrected chi connectivity index (χ2v) is 11.9. The van der Waals surface area contributed by atoms with Gasteiger partial charge in [-0.05, 0) is 0 Å². The molecule has 5 rings (SSSR count). The van der Waals surface area contributed by atoms with Gasteiger partial charge >= 0.3 is 183 Å². The van der Waals surface area contributed by atoms with E-state index < -0.39 is 7.26 Å². The van der Waals surface area contributed by atoms with Crippen molar-refractivity contribution in [3.8, 4) is 0 Å². The number of nitrogens with zero attached hydrogens (tertiary/aromatic N) is 4. The van der Waals surface area contributed by atoms with Crippen LogP contribution in [-0.2, 0) is 6.16 Å². The van der Waals surface area contributed by atoms with Crippen molar-refractivity contribution >= 4 is 29.0 Å². The maximum absolute atomic E-state index is 4.89. The minimum atomic E-state index is -2.42. The van der Waals surface area contributed by atoms with E-state index in [4.69, 9.17) is 10.1 Å². The first-order valence-electron chi connectivity index (χ1n) is 10.5. The first kappa shape index (κ1) is 19.6. The monoisotopic (exact) mass is 424 g/mol. The molecule has 5 heteroatoms. The number of benzene rings is 3. The molecule has 0 N–H and O–H groups in total. The standard InChI is InChI=1S/C26H25N4P/c1-20-18-21(2)30-26(27-20)28-25(29-30)19-31(22-12-6-3-7-13-22,23-14-8-4-9-15-23)24-16-10-5-11-17-24/h3-18,31H,19H2,1-2H3. The molecular weight excluding hydrogens is 399 g/mol. The molecule has 0 atom stereocenters. The Hall–Kier alpha value is -3.36. The predicted octanol–water partition coefficient (Wildman–Crippen LogP) is 3.97. The zero-order chi connectivity index (χ0) is 21.3. The van der Waals surface area contributed by atoms with Crippen LogP contribution in [0.4, 0.5) is 0 Å². The van der Waals surface area contributed by atoms with Crippen molar-refractivity contribution in [1.29, 1.82) is 0 Å². The van der Waals surface area contributed by atoms with Crippen LogP contribution in [0.25, 0.3) is 5.78 Å². The van der Waals surface area contributed by atoms with E-state index in [1.165, 1.54) is 15.9 Å². The zero-order valence-corrected chi connectivity index (χ0v) is 18.7. The van der Waals surface area contributed by atoms with Crippen LogP contribution in [0.2, 0.25) is 0 Å². The van der Waals surface area contributed by atoms with Gasteiger partial charge in [0, 0.05) is 0 Å². The van der Waals surface area contributed by atoms with Gasteiger partial charge in [-0.1, -0.05) is 0 Å². The molecule has 0 aliphatic heterocycles. The Labute approximate surface area is 183 Å². The summed E-state index contributed by atoms with van der Waals surface area (Å²) in [5.41, 5.74) is 2.01. The van der Waals surface area contributed by atoms with Crippen molar-refractivity contribution in [2.75, 3.05) is 0 Å². The summed E-state index contributed by atoms with van der Waals surface area (Å²) in [6.07, 6.45) is 0.771. The molecular formula is C26H25N4P. The van der Waals surface area contributed by atoms with E-state index in [9.17, 15) is 0 Å². The molecule has 0 fully saturated rings. The third kappa shape index (κ3) is 3.54. The average Bonchev–Trinajstić information content (AvgIpc) is 3.22. The Balaban J connectivity index is 1.77. The molecule has 154 valence electrons. The molecule has 0 radical (unpaired) electrons. The Morgan fingerprint density at radius 3 is 1.65 bits per heavy atom. The summed E-state index contributed by atoms with van der Waals surface area (Å²) in [6.45, 7) is 4.05. The van der Waals surface area contributed by atoms with E-state index in [1.807, 2.05) is 17.5 Å². The van der Waals surface area contributed by atoms with Crippen LogP contribution >= 0.6 is 7.26 Å². The number of hydrogen-bond acceptors (Lipinski definition) is 3. The Kier molecular flexibility index (Phi) is 5.09. The maximum atomic E-state index is 4.89. The van der Waals surface area contributed by atoms with E-state index in [0.717, 1.165) is 23.4 Å². The van der Waals surface area contributed by atoms with Crippen molar-refractivity contribution in [2.45, 2.75) is 20.0 Å². The molecule has 3 aromatic carbocycles. The van der Waals surface area contributed by atoms with Crippen molar-refractivity contribution < 1.29 is 0 Å². The molecule has 2 aromatic heterocycles. The number of aromatic nitrogens is 4. The third-order valence-corrected chi connectivity index (χ3v) is 10.7. The van der Waals surface area contributed by atoms with Crippen LogP contribution in [0, 0.1) is 13.8 Å². The number of rotatable bonds is 5. The Morgan fingerprint density at radius 1 is 0.677 bits per heavy atom. The van der Waals surface area contributed by atoms with Crippen molar-refractivity contribution in [3.63, 3.8) is 0 Å². The van der Waals surface area contributed by atoms with E-state index in [-0.39, 0.29) is 0 Å². The summed E-state index contributed by atoms with van der Waals surface area (Å²) < 4.78 is 1.86. The molecule has 5 aromatic rings. The van der Waals surface area contributed by atoms with Crippen LogP contribution in [-0.4, -0.2) is 19.6 Å². The summed E-state index contributed by atoms with van der Waals surface area (Å²) >= 11 is 0. The molecule has 0 saturated heterocycles. The molecule has 0 unspecified atom stereocenters. The summed E-state index contributed by atoms with van der Waals surface area (Å²) in [5.74, 6) is 1.51. The fourth-order valence-electron chi connectivity index (χ4n) is 4.49. The van der Waals surface area contributed by atoms with E-state index in [0.29, 0.717) is 5.78 Å². The third-order valence-electron chi connectivity index (χ3n) is 5.89. The van der Waals surface area contributed by atoms with Crippen LogP contribution in [0.15, 0.2) is 97.1 Å². The van der Waals surface area contributed by atoms with Crippen molar-refractivity contribution in [2.24, 2.45) is 0 Å². The van der Waals surface area contributed by atoms with Gasteiger partial charge in [0.1, 0.15) is 0 Å². The van der Waals surface area contributed by atoms with Crippen molar-refractivity contribution in [1.82, 2.24) is 19.6 Å². The second kappa shape index (κ2) is 8.05. The molecule has 0 aliphatic carbocycles. The number of fused-ring (bicyclic) bond motifs is 1. The second-order valence-electron chi connectivity index (χ2n) is 7.96. The summed E-state index contributed by atoms with van der Waals surface area (Å²) in [4.78, 5) is 9.48. The van der Waals surface area contributed by atoms with E-state index in [1.54, 1.807) is 0 Å². The van der Waals surface area contributed by atoms with E-state index >= 15 is 0 Å². The quantitative estimate of drug-likeness (QED) is 0.401. The molecule has 4 nitrogen and oxygen atoms in total. The minimum absolute atomic E-state index is 0.671. The van der Waals surface area contributed by atoms with Gasteiger partial charge in [0.2, 0.25) is 0 Å². The van der Waals surface area contributed by atoms with Crippen LogP contribution in [0.1, 0.15) is 17.2 Å². The van der Waals surface area contributed by atoms with Gasteiger partial charge in [-0.3, -0.25) is 0 Å². The van der Waals surface area contributed by atoms with Gasteiger partial charge in [0.15, 0.2) is 0 Å². The predicted molar refractivity (Wildman–Crippen MR) is 131 cm³/mol. The van der Waals surface area contributed by atoms with Crippen LogP contribution in [0.3, 0.4) is 0 Å². The molecule has 0 saturated carbocycles. The first-order chi connectivity index (χ1) is 15.2. The summed E-state index contributed by atoms with van der Waals surface area (Å²) in [6, 6.07) is 34.6. The van der Waals surface area contributed by atoms with Gasteiger partial charge < -0.3 is 0 Å². The Morgan fingerprint density at radius 2 is 1.16 bits per heavy atom.